The topological polar surface area (TPSA) is 96.0 Å². The first-order valence-electron chi connectivity index (χ1n) is 3.75. The van der Waals surface area contributed by atoms with Crippen molar-refractivity contribution in [3.05, 3.63) is 39.9 Å². The highest BCUT2D eigenvalue weighted by molar-refractivity contribution is 6.01. The first-order valence-corrected chi connectivity index (χ1v) is 3.75. The van der Waals surface area contributed by atoms with Gasteiger partial charge in [-0.15, -0.1) is 0 Å². The molecule has 14 heavy (non-hydrogen) atoms. The van der Waals surface area contributed by atoms with E-state index in [1.165, 1.54) is 24.3 Å². The zero-order valence-corrected chi connectivity index (χ0v) is 7.12. The second-order valence-electron chi connectivity index (χ2n) is 2.51. The Kier molecular flexibility index (Phi) is 3.14. The smallest absolute Gasteiger partial charge is 0.270 e. The van der Waals surface area contributed by atoms with E-state index in [0.29, 0.717) is 5.56 Å². The van der Waals surface area contributed by atoms with Crippen LogP contribution in [0.1, 0.15) is 5.56 Å². The summed E-state index contributed by atoms with van der Waals surface area (Å²) in [4.78, 5) is 9.83. The van der Waals surface area contributed by atoms with Gasteiger partial charge in [0.15, 0.2) is 0 Å². The number of aliphatic hydroxyl groups excluding tert-OH is 1. The molecule has 6 nitrogen and oxygen atoms in total. The number of rotatable bonds is 3. The molecule has 0 aliphatic carbocycles. The molecule has 0 unspecified atom stereocenters. The number of oxime groups is 1. The lowest BCUT2D eigenvalue weighted by atomic mass is 10.1. The number of non-ortho nitro benzene ring substituents is 1. The fourth-order valence-electron chi connectivity index (χ4n) is 0.980. The van der Waals surface area contributed by atoms with Crippen LogP contribution in [0.25, 0.3) is 0 Å². The summed E-state index contributed by atoms with van der Waals surface area (Å²) in [6.07, 6.45) is 0. The lowest BCUT2D eigenvalue weighted by Gasteiger charge is -1.99. The van der Waals surface area contributed by atoms with Gasteiger partial charge in [0.2, 0.25) is 0 Å². The van der Waals surface area contributed by atoms with Crippen LogP contribution in [0.15, 0.2) is 29.4 Å². The van der Waals surface area contributed by atoms with E-state index in [-0.39, 0.29) is 11.4 Å². The van der Waals surface area contributed by atoms with Crippen molar-refractivity contribution in [3.63, 3.8) is 0 Å². The maximum atomic E-state index is 10.4. The average molecular weight is 196 g/mol. The van der Waals surface area contributed by atoms with Crippen LogP contribution in [0.2, 0.25) is 0 Å². The number of nitro groups is 1. The van der Waals surface area contributed by atoms with Gasteiger partial charge >= 0.3 is 0 Å². The summed E-state index contributed by atoms with van der Waals surface area (Å²) in [6, 6.07) is 5.51. The molecule has 0 aliphatic heterocycles. The third-order valence-electron chi connectivity index (χ3n) is 1.66. The Morgan fingerprint density at radius 1 is 1.57 bits per heavy atom. The zero-order chi connectivity index (χ0) is 10.6. The van der Waals surface area contributed by atoms with E-state index in [2.05, 4.69) is 5.16 Å². The number of benzene rings is 1. The fraction of sp³-hybridized carbons (Fsp3) is 0.125. The van der Waals surface area contributed by atoms with E-state index in [0.717, 1.165) is 0 Å². The lowest BCUT2D eigenvalue weighted by Crippen LogP contribution is -2.06. The summed E-state index contributed by atoms with van der Waals surface area (Å²) >= 11 is 0. The Bertz CT molecular complexity index is 375. The number of nitrogens with zero attached hydrogens (tertiary/aromatic N) is 2. The van der Waals surface area contributed by atoms with Crippen molar-refractivity contribution in [2.45, 2.75) is 0 Å². The third-order valence-corrected chi connectivity index (χ3v) is 1.66. The van der Waals surface area contributed by atoms with Crippen LogP contribution in [-0.2, 0) is 0 Å². The molecule has 0 spiro atoms. The predicted octanol–water partition coefficient (Wildman–Crippen LogP) is 0.765. The minimum Gasteiger partial charge on any atom is -0.411 e. The zero-order valence-electron chi connectivity index (χ0n) is 7.12. The molecular weight excluding hydrogens is 188 g/mol. The summed E-state index contributed by atoms with van der Waals surface area (Å²) in [5, 5.41) is 30.4. The largest absolute Gasteiger partial charge is 0.411 e. The summed E-state index contributed by atoms with van der Waals surface area (Å²) in [6.45, 7) is -0.475. The quantitative estimate of drug-likeness (QED) is 0.323. The molecule has 0 bridgehead atoms. The highest BCUT2D eigenvalue weighted by atomic mass is 16.6. The van der Waals surface area contributed by atoms with E-state index in [1.54, 1.807) is 0 Å². The minimum atomic E-state index is -0.560. The molecule has 6 heteroatoms. The highest BCUT2D eigenvalue weighted by Crippen LogP contribution is 2.13. The molecular formula is C8H8N2O4. The lowest BCUT2D eigenvalue weighted by molar-refractivity contribution is -0.384. The first kappa shape index (κ1) is 10.1. The molecule has 0 radical (unpaired) electrons. The number of hydrogen-bond acceptors (Lipinski definition) is 5. The molecule has 1 aromatic carbocycles. The Morgan fingerprint density at radius 3 is 2.79 bits per heavy atom. The molecule has 74 valence electrons. The number of hydrogen-bond donors (Lipinski definition) is 2. The van der Waals surface area contributed by atoms with Gasteiger partial charge in [-0.2, -0.15) is 0 Å². The van der Waals surface area contributed by atoms with Crippen molar-refractivity contribution in [1.82, 2.24) is 0 Å². The minimum absolute atomic E-state index is 0.00583. The van der Waals surface area contributed by atoms with Crippen LogP contribution < -0.4 is 0 Å². The number of nitro benzene ring substituents is 1. The fourth-order valence-corrected chi connectivity index (χ4v) is 0.980. The number of aliphatic hydroxyl groups is 1. The van der Waals surface area contributed by atoms with Crippen LogP contribution in [-0.4, -0.2) is 27.6 Å². The molecule has 1 rings (SSSR count). The maximum Gasteiger partial charge on any atom is 0.270 e. The van der Waals surface area contributed by atoms with Gasteiger partial charge in [-0.1, -0.05) is 17.3 Å². The van der Waals surface area contributed by atoms with Crippen LogP contribution in [0, 0.1) is 10.1 Å². The van der Waals surface area contributed by atoms with Gasteiger partial charge < -0.3 is 10.3 Å². The van der Waals surface area contributed by atoms with E-state index in [1.807, 2.05) is 0 Å². The molecule has 0 fully saturated rings. The molecule has 0 saturated carbocycles. The van der Waals surface area contributed by atoms with Crippen molar-refractivity contribution < 1.29 is 15.2 Å². The molecule has 0 saturated heterocycles. The first-order chi connectivity index (χ1) is 6.69. The van der Waals surface area contributed by atoms with Crippen LogP contribution >= 0.6 is 0 Å². The Labute approximate surface area is 79.3 Å². The van der Waals surface area contributed by atoms with Gasteiger partial charge in [-0.25, -0.2) is 0 Å². The Hall–Kier alpha value is -1.95. The summed E-state index contributed by atoms with van der Waals surface area (Å²) in [5.41, 5.74) is 0.204. The molecule has 0 heterocycles. The molecule has 0 aromatic heterocycles. The van der Waals surface area contributed by atoms with E-state index < -0.39 is 11.5 Å². The predicted molar refractivity (Wildman–Crippen MR) is 48.5 cm³/mol. The normalized spacial score (nSPS) is 11.4. The van der Waals surface area contributed by atoms with E-state index in [9.17, 15) is 10.1 Å². The van der Waals surface area contributed by atoms with Crippen molar-refractivity contribution >= 4 is 11.4 Å². The molecule has 2 N–H and O–H groups in total. The van der Waals surface area contributed by atoms with Gasteiger partial charge in [0.1, 0.15) is 5.71 Å². The Balaban J connectivity index is 3.11. The summed E-state index contributed by atoms with van der Waals surface area (Å²) in [5.74, 6) is 0. The maximum absolute atomic E-state index is 10.4. The Morgan fingerprint density at radius 2 is 2.29 bits per heavy atom. The van der Waals surface area contributed by atoms with Gasteiger partial charge in [-0.3, -0.25) is 10.1 Å². The van der Waals surface area contributed by atoms with Gasteiger partial charge in [0.25, 0.3) is 5.69 Å². The van der Waals surface area contributed by atoms with Crippen molar-refractivity contribution in [1.29, 1.82) is 0 Å². The summed E-state index contributed by atoms with van der Waals surface area (Å²) in [7, 11) is 0. The van der Waals surface area contributed by atoms with Gasteiger partial charge in [-0.05, 0) is 0 Å². The van der Waals surface area contributed by atoms with E-state index in [4.69, 9.17) is 10.3 Å². The van der Waals surface area contributed by atoms with Crippen molar-refractivity contribution in [3.8, 4) is 0 Å². The second-order valence-corrected chi connectivity index (χ2v) is 2.51. The van der Waals surface area contributed by atoms with E-state index >= 15 is 0 Å². The van der Waals surface area contributed by atoms with Gasteiger partial charge in [0.05, 0.1) is 11.5 Å². The molecule has 0 amide bonds. The summed E-state index contributed by atoms with van der Waals surface area (Å²) < 4.78 is 0. The van der Waals surface area contributed by atoms with Crippen LogP contribution in [0.5, 0.6) is 0 Å². The van der Waals surface area contributed by atoms with Crippen LogP contribution in [0.3, 0.4) is 0 Å². The third kappa shape index (κ3) is 2.05. The standard InChI is InChI=1S/C8H8N2O4/c11-5-8(9-12)6-2-1-3-7(4-6)10(13)14/h1-4,11-12H,5H2. The average Bonchev–Trinajstić information content (AvgIpc) is 2.20. The molecule has 0 atom stereocenters. The highest BCUT2D eigenvalue weighted by Gasteiger charge is 2.09. The van der Waals surface area contributed by atoms with Gasteiger partial charge in [0, 0.05) is 17.7 Å². The molecule has 0 aliphatic rings. The SMILES string of the molecule is O=[N+]([O-])c1cccc(C(CO)=NO)c1. The second kappa shape index (κ2) is 4.33. The van der Waals surface area contributed by atoms with Crippen molar-refractivity contribution in [2.24, 2.45) is 5.16 Å². The van der Waals surface area contributed by atoms with Crippen molar-refractivity contribution in [2.75, 3.05) is 6.61 Å². The van der Waals surface area contributed by atoms with Crippen LogP contribution in [0.4, 0.5) is 5.69 Å². The monoisotopic (exact) mass is 196 g/mol. The molecule has 1 aromatic rings.